The average molecular weight is 244 g/mol. The summed E-state index contributed by atoms with van der Waals surface area (Å²) >= 11 is 0. The van der Waals surface area contributed by atoms with Crippen molar-refractivity contribution in [2.45, 2.75) is 18.9 Å². The second-order valence-corrected chi connectivity index (χ2v) is 4.40. The Labute approximate surface area is 105 Å². The summed E-state index contributed by atoms with van der Waals surface area (Å²) in [6, 6.07) is 4.41. The fourth-order valence-corrected chi connectivity index (χ4v) is 2.20. The van der Waals surface area contributed by atoms with Gasteiger partial charge in [-0.15, -0.1) is 0 Å². The molecule has 0 amide bonds. The van der Waals surface area contributed by atoms with Gasteiger partial charge in [-0.1, -0.05) is 0 Å². The molecule has 2 aromatic rings. The van der Waals surface area contributed by atoms with E-state index in [9.17, 15) is 0 Å². The van der Waals surface area contributed by atoms with Crippen LogP contribution in [0.15, 0.2) is 31.0 Å². The minimum Gasteiger partial charge on any atom is -0.378 e. The molecule has 0 spiro atoms. The number of pyridine rings is 1. The number of nitrogens with zero attached hydrogens (tertiary/aromatic N) is 4. The molecule has 1 unspecified atom stereocenters. The Morgan fingerprint density at radius 3 is 3.22 bits per heavy atom. The molecule has 1 saturated heterocycles. The number of piperidine rings is 1. The normalized spacial score (nSPS) is 19.7. The van der Waals surface area contributed by atoms with E-state index in [4.69, 9.17) is 0 Å². The van der Waals surface area contributed by atoms with E-state index in [0.717, 1.165) is 24.6 Å². The zero-order chi connectivity index (χ0) is 12.2. The van der Waals surface area contributed by atoms with E-state index in [1.54, 1.807) is 17.2 Å². The highest BCUT2D eigenvalue weighted by Crippen LogP contribution is 2.18. The number of aromatic nitrogens is 4. The maximum Gasteiger partial charge on any atom is 0.178 e. The lowest BCUT2D eigenvalue weighted by Gasteiger charge is -2.25. The number of anilines is 1. The van der Waals surface area contributed by atoms with Crippen LogP contribution in [0.25, 0.3) is 5.82 Å². The van der Waals surface area contributed by atoms with Crippen molar-refractivity contribution in [2.24, 2.45) is 0 Å². The van der Waals surface area contributed by atoms with Gasteiger partial charge < -0.3 is 10.6 Å². The molecule has 3 heterocycles. The average Bonchev–Trinajstić information content (AvgIpc) is 2.94. The smallest absolute Gasteiger partial charge is 0.178 e. The maximum atomic E-state index is 4.36. The first-order chi connectivity index (χ1) is 8.93. The highest BCUT2D eigenvalue weighted by atomic mass is 15.3. The Bertz CT molecular complexity index is 489. The van der Waals surface area contributed by atoms with Crippen LogP contribution in [0.3, 0.4) is 0 Å². The van der Waals surface area contributed by atoms with E-state index in [0.29, 0.717) is 6.04 Å². The number of nitrogens with one attached hydrogen (secondary N) is 2. The summed E-state index contributed by atoms with van der Waals surface area (Å²) < 4.78 is 1.68. The van der Waals surface area contributed by atoms with Crippen molar-refractivity contribution >= 4 is 5.69 Å². The third-order valence-electron chi connectivity index (χ3n) is 3.08. The van der Waals surface area contributed by atoms with Crippen molar-refractivity contribution in [2.75, 3.05) is 18.4 Å². The second kappa shape index (κ2) is 5.14. The molecule has 1 aliphatic rings. The summed E-state index contributed by atoms with van der Waals surface area (Å²) in [5, 5.41) is 11.0. The molecule has 0 aliphatic carbocycles. The van der Waals surface area contributed by atoms with Crippen LogP contribution < -0.4 is 10.6 Å². The highest BCUT2D eigenvalue weighted by molar-refractivity contribution is 5.56. The Balaban J connectivity index is 1.83. The summed E-state index contributed by atoms with van der Waals surface area (Å²) in [6.45, 7) is 2.10. The molecule has 6 nitrogen and oxygen atoms in total. The molecule has 6 heteroatoms. The van der Waals surface area contributed by atoms with Crippen molar-refractivity contribution < 1.29 is 0 Å². The third kappa shape index (κ3) is 2.33. The van der Waals surface area contributed by atoms with E-state index < -0.39 is 0 Å². The maximum absolute atomic E-state index is 4.36. The molecule has 3 rings (SSSR count). The Morgan fingerprint density at radius 1 is 1.44 bits per heavy atom. The van der Waals surface area contributed by atoms with Gasteiger partial charge in [-0.2, -0.15) is 5.10 Å². The molecular weight excluding hydrogens is 228 g/mol. The summed E-state index contributed by atoms with van der Waals surface area (Å²) in [7, 11) is 0. The molecule has 2 aromatic heterocycles. The largest absolute Gasteiger partial charge is 0.378 e. The Hall–Kier alpha value is -1.95. The van der Waals surface area contributed by atoms with E-state index >= 15 is 0 Å². The van der Waals surface area contributed by atoms with Crippen LogP contribution in [0.1, 0.15) is 12.8 Å². The SMILES string of the molecule is c1cnc(-n2cncn2)c(NC2CCCNC2)c1. The molecule has 0 aromatic carbocycles. The summed E-state index contributed by atoms with van der Waals surface area (Å²) in [4.78, 5) is 8.32. The van der Waals surface area contributed by atoms with Gasteiger partial charge in [0.05, 0.1) is 5.69 Å². The number of hydrogen-bond donors (Lipinski definition) is 2. The van der Waals surface area contributed by atoms with Crippen LogP contribution in [0.4, 0.5) is 5.69 Å². The molecule has 0 saturated carbocycles. The fraction of sp³-hybridized carbons (Fsp3) is 0.417. The van der Waals surface area contributed by atoms with E-state index in [2.05, 4.69) is 25.7 Å². The monoisotopic (exact) mass is 244 g/mol. The third-order valence-corrected chi connectivity index (χ3v) is 3.08. The summed E-state index contributed by atoms with van der Waals surface area (Å²) in [5.41, 5.74) is 0.997. The molecule has 0 bridgehead atoms. The zero-order valence-corrected chi connectivity index (χ0v) is 10.1. The highest BCUT2D eigenvalue weighted by Gasteiger charge is 2.15. The predicted molar refractivity (Wildman–Crippen MR) is 68.7 cm³/mol. The van der Waals surface area contributed by atoms with Gasteiger partial charge in [0.1, 0.15) is 12.7 Å². The minimum atomic E-state index is 0.449. The number of rotatable bonds is 3. The van der Waals surface area contributed by atoms with E-state index in [1.165, 1.54) is 19.2 Å². The lowest BCUT2D eigenvalue weighted by atomic mass is 10.1. The van der Waals surface area contributed by atoms with Gasteiger partial charge in [0.25, 0.3) is 0 Å². The molecule has 94 valence electrons. The molecule has 1 fully saturated rings. The van der Waals surface area contributed by atoms with Gasteiger partial charge in [0.2, 0.25) is 0 Å². The van der Waals surface area contributed by atoms with Gasteiger partial charge in [-0.3, -0.25) is 0 Å². The molecule has 0 radical (unpaired) electrons. The van der Waals surface area contributed by atoms with Gasteiger partial charge in [0, 0.05) is 18.8 Å². The van der Waals surface area contributed by atoms with Crippen molar-refractivity contribution in [3.63, 3.8) is 0 Å². The van der Waals surface area contributed by atoms with Crippen molar-refractivity contribution in [1.29, 1.82) is 0 Å². The number of hydrogen-bond acceptors (Lipinski definition) is 5. The van der Waals surface area contributed by atoms with Crippen LogP contribution in [-0.2, 0) is 0 Å². The summed E-state index contributed by atoms with van der Waals surface area (Å²) in [5.74, 6) is 0.792. The van der Waals surface area contributed by atoms with Crippen molar-refractivity contribution in [1.82, 2.24) is 25.1 Å². The van der Waals surface area contributed by atoms with Crippen LogP contribution in [0.2, 0.25) is 0 Å². The van der Waals surface area contributed by atoms with Crippen molar-refractivity contribution in [3.05, 3.63) is 31.0 Å². The lowest BCUT2D eigenvalue weighted by Crippen LogP contribution is -2.38. The first-order valence-corrected chi connectivity index (χ1v) is 6.21. The van der Waals surface area contributed by atoms with E-state index in [1.807, 2.05) is 12.1 Å². The fourth-order valence-electron chi connectivity index (χ4n) is 2.20. The molecule has 1 atom stereocenters. The molecular formula is C12H16N6. The van der Waals surface area contributed by atoms with Gasteiger partial charge in [0.15, 0.2) is 5.82 Å². The molecule has 18 heavy (non-hydrogen) atoms. The second-order valence-electron chi connectivity index (χ2n) is 4.40. The lowest BCUT2D eigenvalue weighted by molar-refractivity contribution is 0.479. The van der Waals surface area contributed by atoms with Crippen molar-refractivity contribution in [3.8, 4) is 5.82 Å². The minimum absolute atomic E-state index is 0.449. The predicted octanol–water partition coefficient (Wildman–Crippen LogP) is 0.826. The first-order valence-electron chi connectivity index (χ1n) is 6.21. The Kier molecular flexibility index (Phi) is 3.18. The van der Waals surface area contributed by atoms with Gasteiger partial charge in [-0.25, -0.2) is 14.6 Å². The molecule has 2 N–H and O–H groups in total. The first kappa shape index (κ1) is 11.2. The van der Waals surface area contributed by atoms with Gasteiger partial charge in [-0.05, 0) is 31.5 Å². The van der Waals surface area contributed by atoms with E-state index in [-0.39, 0.29) is 0 Å². The Morgan fingerprint density at radius 2 is 2.44 bits per heavy atom. The molecule has 1 aliphatic heterocycles. The zero-order valence-electron chi connectivity index (χ0n) is 10.1. The summed E-state index contributed by atoms with van der Waals surface area (Å²) in [6.07, 6.45) is 7.32. The van der Waals surface area contributed by atoms with Gasteiger partial charge >= 0.3 is 0 Å². The standard InChI is InChI=1S/C12H16N6/c1-3-10(7-13-5-1)17-11-4-2-6-15-12(11)18-9-14-8-16-18/h2,4,6,8-10,13,17H,1,3,5,7H2. The van der Waals surface area contributed by atoms with Crippen LogP contribution in [-0.4, -0.2) is 38.9 Å². The quantitative estimate of drug-likeness (QED) is 0.837. The van der Waals surface area contributed by atoms with Crippen LogP contribution in [0, 0.1) is 0 Å². The van der Waals surface area contributed by atoms with Crippen LogP contribution >= 0.6 is 0 Å². The van der Waals surface area contributed by atoms with Crippen LogP contribution in [0.5, 0.6) is 0 Å². The topological polar surface area (TPSA) is 67.7 Å².